The van der Waals surface area contributed by atoms with Crippen LogP contribution in [0.4, 0.5) is 0 Å². The van der Waals surface area contributed by atoms with Gasteiger partial charge in [0, 0.05) is 24.6 Å². The van der Waals surface area contributed by atoms with Crippen molar-refractivity contribution in [1.29, 1.82) is 0 Å². The summed E-state index contributed by atoms with van der Waals surface area (Å²) in [6.45, 7) is -0.589. The highest BCUT2D eigenvalue weighted by molar-refractivity contribution is 8.01. The highest BCUT2D eigenvalue weighted by atomic mass is 35.5. The highest BCUT2D eigenvalue weighted by Gasteiger charge is 2.55. The Hall–Kier alpha value is -2.41. The Morgan fingerprint density at radius 1 is 1.17 bits per heavy atom. The van der Waals surface area contributed by atoms with Crippen LogP contribution >= 0.6 is 23.4 Å². The van der Waals surface area contributed by atoms with Gasteiger partial charge in [-0.3, -0.25) is 9.59 Å². The SMILES string of the molecule is C#CCOCCCCCCS[C@]1(C(=O)O)C[C@H](O)[C@@H](NC(=O)CO)[C@H]([C@H](O)[C@H](O)CNC(=O)Cc2ccc(Cl)cc2)O1. The summed E-state index contributed by atoms with van der Waals surface area (Å²) in [7, 11) is 0. The van der Waals surface area contributed by atoms with E-state index in [1.54, 1.807) is 24.3 Å². The molecule has 234 valence electrons. The number of aliphatic hydroxyl groups excluding tert-OH is 4. The Balaban J connectivity index is 2.05. The summed E-state index contributed by atoms with van der Waals surface area (Å²) in [5.74, 6) is -0.0213. The molecule has 1 saturated heterocycles. The van der Waals surface area contributed by atoms with Gasteiger partial charge in [-0.25, -0.2) is 4.79 Å². The molecule has 7 N–H and O–H groups in total. The van der Waals surface area contributed by atoms with Crippen LogP contribution in [0.5, 0.6) is 0 Å². The van der Waals surface area contributed by atoms with Gasteiger partial charge in [0.2, 0.25) is 16.7 Å². The zero-order valence-corrected chi connectivity index (χ0v) is 24.7. The molecule has 0 spiro atoms. The number of rotatable bonds is 18. The molecule has 1 aliphatic rings. The Bertz CT molecular complexity index is 1060. The normalized spacial score (nSPS) is 23.4. The summed E-state index contributed by atoms with van der Waals surface area (Å²) >= 11 is 6.79. The summed E-state index contributed by atoms with van der Waals surface area (Å²) in [5, 5.41) is 57.2. The van der Waals surface area contributed by atoms with Crippen molar-refractivity contribution < 1.29 is 49.4 Å². The van der Waals surface area contributed by atoms with Crippen molar-refractivity contribution in [1.82, 2.24) is 10.6 Å². The molecule has 12 nitrogen and oxygen atoms in total. The molecular formula is C28H39ClN2O10S. The number of nitrogens with one attached hydrogen (secondary N) is 2. The topological polar surface area (TPSA) is 195 Å². The Kier molecular flexibility index (Phi) is 15.6. The minimum absolute atomic E-state index is 0.0233. The van der Waals surface area contributed by atoms with E-state index in [1.807, 2.05) is 0 Å². The number of halogens is 1. The number of hydrogen-bond donors (Lipinski definition) is 7. The lowest BCUT2D eigenvalue weighted by molar-refractivity contribution is -0.203. The van der Waals surface area contributed by atoms with Crippen LogP contribution < -0.4 is 10.6 Å². The van der Waals surface area contributed by atoms with Gasteiger partial charge in [-0.05, 0) is 36.3 Å². The van der Waals surface area contributed by atoms with Crippen LogP contribution in [0.3, 0.4) is 0 Å². The molecule has 0 unspecified atom stereocenters. The van der Waals surface area contributed by atoms with Crippen LogP contribution in [0.25, 0.3) is 0 Å². The van der Waals surface area contributed by atoms with Gasteiger partial charge >= 0.3 is 5.97 Å². The predicted octanol–water partition coefficient (Wildman–Crippen LogP) is 0.0717. The van der Waals surface area contributed by atoms with E-state index >= 15 is 0 Å². The van der Waals surface area contributed by atoms with Crippen molar-refractivity contribution in [3.63, 3.8) is 0 Å². The van der Waals surface area contributed by atoms with Gasteiger partial charge in [0.1, 0.15) is 25.4 Å². The maximum Gasteiger partial charge on any atom is 0.346 e. The van der Waals surface area contributed by atoms with E-state index < -0.39 is 72.7 Å². The molecule has 0 bridgehead atoms. The molecule has 1 fully saturated rings. The maximum atomic E-state index is 12.4. The summed E-state index contributed by atoms with van der Waals surface area (Å²) in [4.78, 5) is 34.7. The summed E-state index contributed by atoms with van der Waals surface area (Å²) in [5.41, 5.74) is 0.665. The van der Waals surface area contributed by atoms with Crippen molar-refractivity contribution in [2.24, 2.45) is 0 Å². The van der Waals surface area contributed by atoms with Crippen LogP contribution in [-0.4, -0.2) is 111 Å². The van der Waals surface area contributed by atoms with Crippen LogP contribution in [0, 0.1) is 12.3 Å². The van der Waals surface area contributed by atoms with Crippen LogP contribution in [0.15, 0.2) is 24.3 Å². The molecule has 0 aromatic heterocycles. The number of aliphatic carboxylic acids is 1. The van der Waals surface area contributed by atoms with Crippen molar-refractivity contribution in [3.05, 3.63) is 34.9 Å². The van der Waals surface area contributed by atoms with E-state index in [0.29, 0.717) is 29.4 Å². The predicted molar refractivity (Wildman–Crippen MR) is 156 cm³/mol. The fourth-order valence-corrected chi connectivity index (χ4v) is 5.78. The molecule has 42 heavy (non-hydrogen) atoms. The zero-order chi connectivity index (χ0) is 31.1. The third-order valence-electron chi connectivity index (χ3n) is 6.59. The second-order valence-corrected chi connectivity index (χ2v) is 11.6. The lowest BCUT2D eigenvalue weighted by Gasteiger charge is -2.46. The van der Waals surface area contributed by atoms with Gasteiger partial charge in [0.15, 0.2) is 0 Å². The van der Waals surface area contributed by atoms with Gasteiger partial charge in [-0.2, -0.15) is 0 Å². The van der Waals surface area contributed by atoms with E-state index in [-0.39, 0.29) is 13.0 Å². The van der Waals surface area contributed by atoms with Gasteiger partial charge < -0.3 is 45.6 Å². The lowest BCUT2D eigenvalue weighted by Crippen LogP contribution is -2.67. The third-order valence-corrected chi connectivity index (χ3v) is 8.24. The fourth-order valence-electron chi connectivity index (χ4n) is 4.38. The lowest BCUT2D eigenvalue weighted by atomic mass is 9.89. The van der Waals surface area contributed by atoms with Crippen molar-refractivity contribution >= 4 is 41.1 Å². The third kappa shape index (κ3) is 11.3. The molecule has 2 rings (SSSR count). The number of unbranched alkanes of at least 4 members (excludes halogenated alkanes) is 3. The quantitative estimate of drug-likeness (QED) is 0.0857. The van der Waals surface area contributed by atoms with E-state index in [4.69, 9.17) is 27.5 Å². The molecule has 0 saturated carbocycles. The number of thioether (sulfide) groups is 1. The number of hydrogen-bond acceptors (Lipinski definition) is 10. The molecule has 1 aliphatic heterocycles. The van der Waals surface area contributed by atoms with Gasteiger partial charge in [-0.15, -0.1) is 18.2 Å². The number of carboxylic acid groups (broad SMARTS) is 1. The summed E-state index contributed by atoms with van der Waals surface area (Å²) < 4.78 is 11.1. The van der Waals surface area contributed by atoms with Gasteiger partial charge in [0.05, 0.1) is 24.7 Å². The van der Waals surface area contributed by atoms with Crippen LogP contribution in [-0.2, 0) is 30.3 Å². The summed E-state index contributed by atoms with van der Waals surface area (Å²) in [6.07, 6.45) is 1.13. The zero-order valence-electron chi connectivity index (χ0n) is 23.1. The number of benzene rings is 1. The first-order chi connectivity index (χ1) is 20.0. The Morgan fingerprint density at radius 3 is 2.50 bits per heavy atom. The molecule has 1 aromatic carbocycles. The van der Waals surface area contributed by atoms with Gasteiger partial charge in [0.25, 0.3) is 0 Å². The van der Waals surface area contributed by atoms with Crippen molar-refractivity contribution in [3.8, 4) is 12.3 Å². The molecule has 1 aromatic rings. The summed E-state index contributed by atoms with van der Waals surface area (Å²) in [6, 6.07) is 5.23. The molecule has 1 heterocycles. The second-order valence-electron chi connectivity index (χ2n) is 9.85. The van der Waals surface area contributed by atoms with Crippen molar-refractivity contribution in [2.45, 2.75) is 73.9 Å². The molecule has 0 radical (unpaired) electrons. The highest BCUT2D eigenvalue weighted by Crippen LogP contribution is 2.41. The standard InChI is InChI=1S/C28H39ClN2O10S/c1-2-11-40-12-5-3-4-6-13-42-28(27(38)39)15-20(33)24(31-23(36)17-32)26(41-28)25(37)21(34)16-30-22(35)14-18-7-9-19(29)10-8-18/h1,7-10,20-21,24-26,32-34,37H,3-6,11-17H2,(H,30,35)(H,31,36)(H,38,39)/t20-,21+,24+,25+,26+,28-/m0/s1. The van der Waals surface area contributed by atoms with Crippen LogP contribution in [0.2, 0.25) is 5.02 Å². The van der Waals surface area contributed by atoms with E-state index in [0.717, 1.165) is 31.0 Å². The van der Waals surface area contributed by atoms with E-state index in [2.05, 4.69) is 16.6 Å². The number of aliphatic hydroxyl groups is 4. The first-order valence-corrected chi connectivity index (χ1v) is 14.9. The first-order valence-electron chi connectivity index (χ1n) is 13.5. The smallest absolute Gasteiger partial charge is 0.346 e. The number of carboxylic acids is 1. The van der Waals surface area contributed by atoms with Crippen LogP contribution in [0.1, 0.15) is 37.7 Å². The van der Waals surface area contributed by atoms with E-state index in [9.17, 15) is 39.9 Å². The Morgan fingerprint density at radius 2 is 1.86 bits per heavy atom. The molecular weight excluding hydrogens is 592 g/mol. The molecule has 2 amide bonds. The average Bonchev–Trinajstić information content (AvgIpc) is 2.96. The minimum Gasteiger partial charge on any atom is -0.478 e. The van der Waals surface area contributed by atoms with E-state index in [1.165, 1.54) is 0 Å². The van der Waals surface area contributed by atoms with Gasteiger partial charge in [-0.1, -0.05) is 42.5 Å². The monoisotopic (exact) mass is 630 g/mol. The second kappa shape index (κ2) is 18.3. The number of carbonyl (C=O) groups is 3. The molecule has 14 heteroatoms. The number of carbonyl (C=O) groups excluding carboxylic acids is 2. The largest absolute Gasteiger partial charge is 0.478 e. The number of amides is 2. The fraction of sp³-hybridized carbons (Fsp3) is 0.607. The molecule has 6 atom stereocenters. The first kappa shape index (κ1) is 35.8. The average molecular weight is 631 g/mol. The minimum atomic E-state index is -1.99. The number of ether oxygens (including phenoxy) is 2. The maximum absolute atomic E-state index is 12.4. The molecule has 0 aliphatic carbocycles. The Labute approximate surface area is 254 Å². The number of terminal acetylenes is 1. The van der Waals surface area contributed by atoms with Crippen molar-refractivity contribution in [2.75, 3.05) is 32.1 Å².